The van der Waals surface area contributed by atoms with Gasteiger partial charge >= 0.3 is 0 Å². The van der Waals surface area contributed by atoms with Crippen molar-refractivity contribution < 1.29 is 19.2 Å². The third kappa shape index (κ3) is 3.41. The third-order valence-corrected chi connectivity index (χ3v) is 5.82. The fourth-order valence-electron chi connectivity index (χ4n) is 4.23. The minimum absolute atomic E-state index is 0.0986. The monoisotopic (exact) mass is 423 g/mol. The molecule has 1 saturated heterocycles. The average Bonchev–Trinajstić information content (AvgIpc) is 3.28. The quantitative estimate of drug-likeness (QED) is 0.525. The second kappa shape index (κ2) is 7.67. The first kappa shape index (κ1) is 19.5. The zero-order valence-corrected chi connectivity index (χ0v) is 16.7. The standard InChI is InChI=1S/C20H21N7O4/c28-17-4-3-14(18(29)23-17)27-19(30)12-2-1-11(7-13(12)20(27)31)8-22-10-16-25-24-15-9-21-5-6-26(15)16/h1-2,7,14,21-22H,3-6,8-10H2,(H,23,28,29). The van der Waals surface area contributed by atoms with Gasteiger partial charge in [0.1, 0.15) is 17.7 Å². The highest BCUT2D eigenvalue weighted by molar-refractivity contribution is 6.23. The van der Waals surface area contributed by atoms with Crippen molar-refractivity contribution in [1.82, 2.24) is 35.6 Å². The molecule has 4 amide bonds. The number of nitrogens with zero attached hydrogens (tertiary/aromatic N) is 4. The molecule has 0 aliphatic carbocycles. The Morgan fingerprint density at radius 2 is 1.90 bits per heavy atom. The van der Waals surface area contributed by atoms with Crippen molar-refractivity contribution in [2.24, 2.45) is 0 Å². The lowest BCUT2D eigenvalue weighted by Crippen LogP contribution is -2.54. The molecule has 4 heterocycles. The van der Waals surface area contributed by atoms with Gasteiger partial charge in [-0.1, -0.05) is 6.07 Å². The fourth-order valence-corrected chi connectivity index (χ4v) is 4.23. The number of hydrogen-bond acceptors (Lipinski definition) is 8. The molecule has 160 valence electrons. The molecule has 31 heavy (non-hydrogen) atoms. The third-order valence-electron chi connectivity index (χ3n) is 5.82. The molecule has 11 nitrogen and oxygen atoms in total. The maximum atomic E-state index is 12.9. The van der Waals surface area contributed by atoms with E-state index >= 15 is 0 Å². The molecule has 1 fully saturated rings. The average molecular weight is 423 g/mol. The number of benzene rings is 1. The molecule has 3 aliphatic rings. The maximum Gasteiger partial charge on any atom is 0.262 e. The number of aromatic nitrogens is 3. The van der Waals surface area contributed by atoms with Gasteiger partial charge in [0, 0.05) is 26.1 Å². The number of hydrogen-bond donors (Lipinski definition) is 3. The van der Waals surface area contributed by atoms with Gasteiger partial charge in [-0.25, -0.2) is 0 Å². The summed E-state index contributed by atoms with van der Waals surface area (Å²) >= 11 is 0. The second-order valence-electron chi connectivity index (χ2n) is 7.79. The van der Waals surface area contributed by atoms with Crippen LogP contribution in [0, 0.1) is 0 Å². The number of nitrogens with one attached hydrogen (secondary N) is 3. The first-order chi connectivity index (χ1) is 15.0. The molecule has 1 unspecified atom stereocenters. The second-order valence-corrected chi connectivity index (χ2v) is 7.79. The Bertz CT molecular complexity index is 1110. The van der Waals surface area contributed by atoms with Gasteiger partial charge in [-0.15, -0.1) is 10.2 Å². The van der Waals surface area contributed by atoms with E-state index in [1.807, 2.05) is 0 Å². The fraction of sp³-hybridized carbons (Fsp3) is 0.400. The number of imide groups is 2. The minimum atomic E-state index is -0.958. The molecule has 1 atom stereocenters. The first-order valence-electron chi connectivity index (χ1n) is 10.2. The maximum absolute atomic E-state index is 12.9. The van der Waals surface area contributed by atoms with Gasteiger partial charge in [0.05, 0.1) is 24.2 Å². The SMILES string of the molecule is O=C1CCC(N2C(=O)c3ccc(CNCc4nnc5n4CCNC5)cc3C2=O)C(=O)N1. The van der Waals surface area contributed by atoms with Crippen LogP contribution < -0.4 is 16.0 Å². The molecule has 1 aromatic carbocycles. The van der Waals surface area contributed by atoms with Gasteiger partial charge in [-0.3, -0.25) is 29.4 Å². The number of amides is 4. The lowest BCUT2D eigenvalue weighted by atomic mass is 10.0. The normalized spacial score (nSPS) is 20.6. The van der Waals surface area contributed by atoms with Crippen molar-refractivity contribution in [3.8, 4) is 0 Å². The lowest BCUT2D eigenvalue weighted by molar-refractivity contribution is -0.136. The summed E-state index contributed by atoms with van der Waals surface area (Å²) in [4.78, 5) is 50.2. The van der Waals surface area contributed by atoms with Crippen LogP contribution in [-0.4, -0.2) is 55.9 Å². The molecular weight excluding hydrogens is 402 g/mol. The Hall–Kier alpha value is -3.44. The summed E-state index contributed by atoms with van der Waals surface area (Å²) in [5, 5.41) is 17.2. The van der Waals surface area contributed by atoms with Crippen molar-refractivity contribution in [2.75, 3.05) is 6.54 Å². The van der Waals surface area contributed by atoms with Crippen LogP contribution in [0.5, 0.6) is 0 Å². The van der Waals surface area contributed by atoms with Gasteiger partial charge in [0.25, 0.3) is 11.8 Å². The number of carbonyl (C=O) groups is 4. The molecule has 0 spiro atoms. The molecule has 1 aromatic heterocycles. The van der Waals surface area contributed by atoms with Crippen LogP contribution in [0.25, 0.3) is 0 Å². The largest absolute Gasteiger partial charge is 0.312 e. The van der Waals surface area contributed by atoms with E-state index in [2.05, 4.69) is 30.7 Å². The van der Waals surface area contributed by atoms with Crippen molar-refractivity contribution in [1.29, 1.82) is 0 Å². The van der Waals surface area contributed by atoms with Gasteiger partial charge in [-0.05, 0) is 24.1 Å². The zero-order valence-electron chi connectivity index (χ0n) is 16.7. The molecule has 3 aliphatic heterocycles. The Morgan fingerprint density at radius 1 is 1.06 bits per heavy atom. The van der Waals surface area contributed by atoms with Crippen LogP contribution in [-0.2, 0) is 35.8 Å². The van der Waals surface area contributed by atoms with E-state index in [-0.39, 0.29) is 24.0 Å². The molecular formula is C20H21N7O4. The molecule has 3 N–H and O–H groups in total. The summed E-state index contributed by atoms with van der Waals surface area (Å²) in [6.07, 6.45) is 0.240. The van der Waals surface area contributed by atoms with Gasteiger partial charge < -0.3 is 15.2 Å². The number of rotatable bonds is 5. The topological polar surface area (TPSA) is 138 Å². The Labute approximate surface area is 177 Å². The first-order valence-corrected chi connectivity index (χ1v) is 10.2. The Morgan fingerprint density at radius 3 is 2.74 bits per heavy atom. The summed E-state index contributed by atoms with van der Waals surface area (Å²) in [6.45, 7) is 3.41. The predicted octanol–water partition coefficient (Wildman–Crippen LogP) is -0.928. The van der Waals surface area contributed by atoms with Gasteiger partial charge in [0.2, 0.25) is 11.8 Å². The molecule has 5 rings (SSSR count). The Kier molecular flexibility index (Phi) is 4.83. The lowest BCUT2D eigenvalue weighted by Gasteiger charge is -2.27. The summed E-state index contributed by atoms with van der Waals surface area (Å²) < 4.78 is 2.09. The number of piperidine rings is 1. The van der Waals surface area contributed by atoms with Crippen molar-refractivity contribution in [2.45, 2.75) is 45.1 Å². The number of carbonyl (C=O) groups excluding carboxylic acids is 4. The highest BCUT2D eigenvalue weighted by atomic mass is 16.2. The minimum Gasteiger partial charge on any atom is -0.312 e. The molecule has 11 heteroatoms. The van der Waals surface area contributed by atoms with Crippen LogP contribution in [0.3, 0.4) is 0 Å². The van der Waals surface area contributed by atoms with E-state index < -0.39 is 29.7 Å². The van der Waals surface area contributed by atoms with E-state index in [1.165, 1.54) is 0 Å². The predicted molar refractivity (Wildman–Crippen MR) is 105 cm³/mol. The summed E-state index contributed by atoms with van der Waals surface area (Å²) in [5.74, 6) is -0.241. The zero-order chi connectivity index (χ0) is 21.5. The van der Waals surface area contributed by atoms with E-state index in [1.54, 1.807) is 18.2 Å². The molecule has 2 aromatic rings. The van der Waals surface area contributed by atoms with Crippen molar-refractivity contribution in [3.63, 3.8) is 0 Å². The van der Waals surface area contributed by atoms with E-state index in [0.717, 1.165) is 35.2 Å². The smallest absolute Gasteiger partial charge is 0.262 e. The summed E-state index contributed by atoms with van der Waals surface area (Å²) in [5.41, 5.74) is 1.39. The molecule has 0 radical (unpaired) electrons. The van der Waals surface area contributed by atoms with Crippen LogP contribution in [0.15, 0.2) is 18.2 Å². The van der Waals surface area contributed by atoms with Crippen LogP contribution in [0.1, 0.15) is 50.8 Å². The Balaban J connectivity index is 1.27. The highest BCUT2D eigenvalue weighted by Crippen LogP contribution is 2.28. The van der Waals surface area contributed by atoms with E-state index in [0.29, 0.717) is 19.6 Å². The summed E-state index contributed by atoms with van der Waals surface area (Å²) in [7, 11) is 0. The highest BCUT2D eigenvalue weighted by Gasteiger charge is 2.44. The summed E-state index contributed by atoms with van der Waals surface area (Å²) in [6, 6.07) is 4.12. The van der Waals surface area contributed by atoms with E-state index in [4.69, 9.17) is 0 Å². The van der Waals surface area contributed by atoms with E-state index in [9.17, 15) is 19.2 Å². The van der Waals surface area contributed by atoms with Crippen molar-refractivity contribution in [3.05, 3.63) is 46.5 Å². The molecule has 0 saturated carbocycles. The van der Waals surface area contributed by atoms with Crippen LogP contribution in [0.2, 0.25) is 0 Å². The van der Waals surface area contributed by atoms with Crippen LogP contribution in [0.4, 0.5) is 0 Å². The van der Waals surface area contributed by atoms with Crippen molar-refractivity contribution >= 4 is 23.6 Å². The number of fused-ring (bicyclic) bond motifs is 2. The van der Waals surface area contributed by atoms with Gasteiger partial charge in [-0.2, -0.15) is 0 Å². The molecule has 0 bridgehead atoms. The van der Waals surface area contributed by atoms with Crippen LogP contribution >= 0.6 is 0 Å². The van der Waals surface area contributed by atoms with Gasteiger partial charge in [0.15, 0.2) is 0 Å².